The van der Waals surface area contributed by atoms with Crippen molar-refractivity contribution >= 4 is 74.0 Å². The molecule has 0 radical (unpaired) electrons. The van der Waals surface area contributed by atoms with Gasteiger partial charge in [0.1, 0.15) is 48.4 Å². The van der Waals surface area contributed by atoms with Crippen LogP contribution in [-0.2, 0) is 84.6 Å². The van der Waals surface area contributed by atoms with E-state index in [2.05, 4.69) is 32.9 Å². The van der Waals surface area contributed by atoms with Gasteiger partial charge in [0, 0.05) is 45.2 Å². The summed E-state index contributed by atoms with van der Waals surface area (Å²) in [6.45, 7) is -3.38. The lowest BCUT2D eigenvalue weighted by Crippen LogP contribution is -2.45. The maximum atomic E-state index is 13.7. The van der Waals surface area contributed by atoms with Gasteiger partial charge in [-0.05, 0) is 19.3 Å². The first kappa shape index (κ1) is 62.6. The Kier molecular flexibility index (Phi) is 19.1. The van der Waals surface area contributed by atoms with Crippen LogP contribution in [0.15, 0.2) is 50.4 Å². The number of ether oxygens (including phenoxy) is 5. The number of fused-ring (bicyclic) bond motifs is 2. The number of aryl methyl sites for hydroxylation is 1. The molecular formula is C37H55N11O28P5+. The maximum absolute atomic E-state index is 13.7. The molecule has 4 aromatic rings. The number of methoxy groups -OCH3 is 2. The molecule has 8 rings (SSSR count). The zero-order valence-corrected chi connectivity index (χ0v) is 46.6. The van der Waals surface area contributed by atoms with Crippen LogP contribution in [0.2, 0.25) is 0 Å². The molecule has 3 saturated heterocycles. The molecule has 8 heterocycles. The van der Waals surface area contributed by atoms with Gasteiger partial charge in [0.05, 0.1) is 45.0 Å². The van der Waals surface area contributed by atoms with Crippen LogP contribution in [0.25, 0.3) is 16.9 Å². The van der Waals surface area contributed by atoms with Crippen LogP contribution in [0, 0.1) is 5.92 Å². The number of aromatic nitrogens is 8. The van der Waals surface area contributed by atoms with Crippen molar-refractivity contribution in [2.24, 2.45) is 23.7 Å². The van der Waals surface area contributed by atoms with Crippen LogP contribution in [0.3, 0.4) is 0 Å². The highest BCUT2D eigenvalue weighted by Crippen LogP contribution is 2.71. The van der Waals surface area contributed by atoms with Gasteiger partial charge in [-0.25, -0.2) is 42.2 Å². The van der Waals surface area contributed by atoms with Crippen molar-refractivity contribution in [1.82, 2.24) is 33.6 Å². The first-order chi connectivity index (χ1) is 37.9. The van der Waals surface area contributed by atoms with E-state index >= 15 is 0 Å². The second kappa shape index (κ2) is 24.7. The smallest absolute Gasteiger partial charge is 0.397 e. The molecule has 4 aromatic heterocycles. The Morgan fingerprint density at radius 1 is 0.765 bits per heavy atom. The molecule has 0 saturated carbocycles. The van der Waals surface area contributed by atoms with Gasteiger partial charge in [-0.15, -0.1) is 0 Å². The van der Waals surface area contributed by atoms with Crippen LogP contribution in [0.4, 0.5) is 11.8 Å². The first-order valence-corrected chi connectivity index (χ1v) is 31.0. The summed E-state index contributed by atoms with van der Waals surface area (Å²) in [5, 5.41) is 32.7. The standard InChI is InChI=1S/C37H54N11O28P5/c1-45-16-48(31-24(45)32(53)44-36(39)43-31)33-25(50)17(8-11-65-2)19(70-33)12-68-78(57,58)74-80(61,62)76-81(63,64)75-79(59,60)69-14-21-28(29(66-3)35(72-21)47-15-41-23-18(38)6-4-5-9-40-30(23)47)73-77(55,56)67-13-20-26(51)27(52)34(71-20)46-10-7-22(49)42-37(46)54/h6-7,9-10,15-17,19-21,25-29,33-35,50-52H,4-5,8,11-14,38H2,1-3H3,(H8-,39,42,43,44,49,53,54,55,56,57,58,59,60,61,62,63,64)/p+1/t17-,19-,20-,21-,25-,26-,27-,28-,29-,33-,34-,35-/m1/s1. The molecule has 5 unspecified atom stereocenters. The number of aromatic amines is 2. The summed E-state index contributed by atoms with van der Waals surface area (Å²) in [4.78, 5) is 106. The molecule has 0 bridgehead atoms. The molecule has 0 aliphatic carbocycles. The Bertz CT molecular complexity index is 3460. The minimum Gasteiger partial charge on any atom is -0.397 e. The summed E-state index contributed by atoms with van der Waals surface area (Å²) in [6.07, 6.45) is -10.6. The Labute approximate surface area is 453 Å². The van der Waals surface area contributed by atoms with Gasteiger partial charge in [0.2, 0.25) is 11.7 Å². The first-order valence-electron chi connectivity index (χ1n) is 23.5. The van der Waals surface area contributed by atoms with Gasteiger partial charge in [0.25, 0.3) is 17.1 Å². The summed E-state index contributed by atoms with van der Waals surface area (Å²) >= 11 is 0. The minimum absolute atomic E-state index is 0.00487. The fourth-order valence-corrected chi connectivity index (χ4v) is 14.9. The second-order valence-corrected chi connectivity index (χ2v) is 25.6. The van der Waals surface area contributed by atoms with E-state index in [0.717, 1.165) is 23.9 Å². The predicted octanol–water partition coefficient (Wildman–Crippen LogP) is -2.20. The lowest BCUT2D eigenvalue weighted by atomic mass is 9.95. The third-order valence-corrected chi connectivity index (χ3v) is 19.4. The number of phosphoric acid groups is 5. The molecule has 4 aliphatic rings. The number of phosphoric ester groups is 3. The lowest BCUT2D eigenvalue weighted by molar-refractivity contribution is -0.745. The van der Waals surface area contributed by atoms with Gasteiger partial charge < -0.3 is 74.9 Å². The SMILES string of the molecule is COCC[C@H]1[C@@H](O)[C@H]([n+]2cn(C)c3c(=O)[nH]c(N)nc32)O[C@@H]1COP(=O)(O)OP(=O)(O)OP(=O)(O)OP(=O)(O)OC[C@H]1O[C@@H](n2cnc3c2N=CCCC=C3N)[C@H](OC)[C@@H]1OP(=O)(O)OC[C@H]1O[C@@H](n2ccc(=O)[nH]c2=O)[C@H](O)[C@@H]1O. The highest BCUT2D eigenvalue weighted by atomic mass is 31.3. The number of imidazole rings is 2. The summed E-state index contributed by atoms with van der Waals surface area (Å²) in [5.41, 5.74) is 9.78. The largest absolute Gasteiger partial charge is 0.490 e. The summed E-state index contributed by atoms with van der Waals surface area (Å²) in [7, 11) is -26.4. The van der Waals surface area contributed by atoms with Crippen molar-refractivity contribution in [2.45, 2.75) is 86.8 Å². The van der Waals surface area contributed by atoms with E-state index in [1.807, 2.05) is 4.98 Å². The fraction of sp³-hybridized carbons (Fsp3) is 0.595. The minimum atomic E-state index is -6.44. The topological polar surface area (TPSA) is 550 Å². The van der Waals surface area contributed by atoms with Crippen LogP contribution in [0.1, 0.15) is 43.6 Å². The van der Waals surface area contributed by atoms with Gasteiger partial charge in [-0.3, -0.25) is 51.4 Å². The molecular weight excluding hydrogens is 1200 g/mol. The highest BCUT2D eigenvalue weighted by molar-refractivity contribution is 7.69. The Balaban J connectivity index is 0.935. The molecule has 4 aliphatic heterocycles. The zero-order valence-electron chi connectivity index (χ0n) is 42.1. The number of rotatable bonds is 24. The summed E-state index contributed by atoms with van der Waals surface area (Å²) in [6, 6.07) is 0.915. The van der Waals surface area contributed by atoms with E-state index in [-0.39, 0.29) is 47.3 Å². The van der Waals surface area contributed by atoms with Gasteiger partial charge in [0.15, 0.2) is 24.6 Å². The van der Waals surface area contributed by atoms with Gasteiger partial charge in [-0.2, -0.15) is 12.9 Å². The molecule has 39 nitrogen and oxygen atoms in total. The average Bonchev–Trinajstić information content (AvgIpc) is 4.25. The lowest BCUT2D eigenvalue weighted by Gasteiger charge is -2.26. The Hall–Kier alpha value is -4.40. The molecule has 3 fully saturated rings. The summed E-state index contributed by atoms with van der Waals surface area (Å²) in [5.74, 6) is -1.22. The van der Waals surface area contributed by atoms with E-state index < -0.39 is 149 Å². The van der Waals surface area contributed by atoms with Crippen molar-refractivity contribution in [3.05, 3.63) is 67.9 Å². The average molecular weight is 1260 g/mol. The van der Waals surface area contributed by atoms with E-state index in [4.69, 9.17) is 53.2 Å². The summed E-state index contributed by atoms with van der Waals surface area (Å²) < 4.78 is 131. The van der Waals surface area contributed by atoms with Gasteiger partial charge in [-0.1, -0.05) is 11.1 Å². The molecule has 44 heteroatoms. The highest BCUT2D eigenvalue weighted by Gasteiger charge is 2.54. The monoisotopic (exact) mass is 1260 g/mol. The van der Waals surface area contributed by atoms with E-state index in [9.17, 15) is 77.0 Å². The van der Waals surface area contributed by atoms with Crippen LogP contribution < -0.4 is 32.8 Å². The van der Waals surface area contributed by atoms with Crippen LogP contribution >= 0.6 is 39.1 Å². The van der Waals surface area contributed by atoms with Crippen molar-refractivity contribution in [2.75, 3.05) is 46.4 Å². The number of nitrogen functional groups attached to an aromatic ring is 1. The van der Waals surface area contributed by atoms with Crippen molar-refractivity contribution in [3.8, 4) is 0 Å². The number of anilines is 1. The number of allylic oxidation sites excluding steroid dienone is 1. The molecule has 0 aromatic carbocycles. The molecule has 450 valence electrons. The van der Waals surface area contributed by atoms with Gasteiger partial charge >= 0.3 is 50.5 Å². The normalized spacial score (nSPS) is 30.6. The molecule has 0 amide bonds. The Morgan fingerprint density at radius 2 is 1.40 bits per heavy atom. The number of nitrogens with zero attached hydrogens (tertiary/aromatic N) is 7. The Morgan fingerprint density at radius 3 is 2.05 bits per heavy atom. The number of hydrogen-bond acceptors (Lipinski definition) is 28. The maximum Gasteiger partial charge on any atom is 0.490 e. The predicted molar refractivity (Wildman–Crippen MR) is 265 cm³/mol. The number of aliphatic imine (C=N–C) groups is 1. The molecule has 81 heavy (non-hydrogen) atoms. The van der Waals surface area contributed by atoms with Crippen molar-refractivity contribution < 1.29 is 122 Å². The number of aliphatic hydroxyl groups is 3. The zero-order chi connectivity index (χ0) is 59.1. The van der Waals surface area contributed by atoms with E-state index in [1.165, 1.54) is 46.7 Å². The number of nitrogens with one attached hydrogen (secondary N) is 2. The number of nitrogens with two attached hydrogens (primary N) is 2. The van der Waals surface area contributed by atoms with Crippen LogP contribution in [-0.4, -0.2) is 169 Å². The van der Waals surface area contributed by atoms with E-state index in [0.29, 0.717) is 12.8 Å². The quantitative estimate of drug-likeness (QED) is 0.0262. The third-order valence-electron chi connectivity index (χ3n) is 12.5. The molecule has 14 N–H and O–H groups in total. The fourth-order valence-electron chi connectivity index (χ4n) is 9.01. The third kappa shape index (κ3) is 14.4. The van der Waals surface area contributed by atoms with E-state index in [1.54, 1.807) is 6.08 Å². The van der Waals surface area contributed by atoms with Crippen LogP contribution in [0.5, 0.6) is 0 Å². The second-order valence-electron chi connectivity index (χ2n) is 18.0. The molecule has 17 atom stereocenters. The van der Waals surface area contributed by atoms with Crippen molar-refractivity contribution in [1.29, 1.82) is 0 Å². The number of hydrogen-bond donors (Lipinski definition) is 12. The van der Waals surface area contributed by atoms with Crippen molar-refractivity contribution in [3.63, 3.8) is 0 Å². The molecule has 0 spiro atoms. The number of aliphatic hydroxyl groups excluding tert-OH is 3. The number of H-pyrrole nitrogens is 2.